The quantitative estimate of drug-likeness (QED) is 0.407. The number of methoxy groups -OCH3 is 4. The van der Waals surface area contributed by atoms with Crippen molar-refractivity contribution in [1.29, 1.82) is 0 Å². The second-order valence-corrected chi connectivity index (χ2v) is 5.47. The number of hydrogen-bond donors (Lipinski definition) is 0. The van der Waals surface area contributed by atoms with Crippen molar-refractivity contribution < 1.29 is 38.1 Å². The zero-order valence-corrected chi connectivity index (χ0v) is 16.5. The maximum atomic E-state index is 11.8. The molecule has 0 N–H and O–H groups in total. The van der Waals surface area contributed by atoms with E-state index in [0.29, 0.717) is 0 Å². The molecular weight excluding hydrogens is 396 g/mol. The molecule has 0 saturated carbocycles. The minimum Gasteiger partial charge on any atom is -0.464 e. The topological polar surface area (TPSA) is 131 Å². The Hall–Kier alpha value is -4.26. The van der Waals surface area contributed by atoms with Crippen LogP contribution in [0.1, 0.15) is 53.1 Å². The summed E-state index contributed by atoms with van der Waals surface area (Å²) in [5.74, 6) is 2.38. The molecule has 0 spiro atoms. The lowest BCUT2D eigenvalue weighted by Gasteiger charge is -2.04. The van der Waals surface area contributed by atoms with Crippen LogP contribution in [0.4, 0.5) is 0 Å². The summed E-state index contributed by atoms with van der Waals surface area (Å²) in [6.07, 6.45) is 0. The van der Waals surface area contributed by atoms with Gasteiger partial charge >= 0.3 is 23.9 Å². The van der Waals surface area contributed by atoms with Gasteiger partial charge in [0.2, 0.25) is 0 Å². The highest BCUT2D eigenvalue weighted by Gasteiger charge is 2.16. The molecule has 154 valence electrons. The lowest BCUT2D eigenvalue weighted by Crippen LogP contribution is -2.11. The predicted octanol–water partition coefficient (Wildman–Crippen LogP) is 1.02. The van der Waals surface area contributed by atoms with Crippen molar-refractivity contribution >= 4 is 23.9 Å². The van der Waals surface area contributed by atoms with E-state index in [2.05, 4.69) is 40.8 Å². The fraction of sp³-hybridized carbons (Fsp3) is 0.200. The van der Waals surface area contributed by atoms with Crippen LogP contribution >= 0.6 is 0 Å². The van der Waals surface area contributed by atoms with E-state index in [1.165, 1.54) is 52.7 Å². The molecular formula is C20H16N2O8. The Bertz CT molecular complexity index is 930. The summed E-state index contributed by atoms with van der Waals surface area (Å²) in [5.41, 5.74) is -0.117. The highest BCUT2D eigenvalue weighted by molar-refractivity contribution is 5.93. The van der Waals surface area contributed by atoms with Crippen molar-refractivity contribution in [3.63, 3.8) is 0 Å². The van der Waals surface area contributed by atoms with Gasteiger partial charge in [-0.1, -0.05) is 11.8 Å². The van der Waals surface area contributed by atoms with Crippen LogP contribution in [0.25, 0.3) is 0 Å². The van der Waals surface area contributed by atoms with E-state index in [4.69, 9.17) is 0 Å². The molecule has 0 aliphatic heterocycles. The lowest BCUT2D eigenvalue weighted by molar-refractivity contribution is 0.0568. The third-order valence-corrected chi connectivity index (χ3v) is 3.58. The molecule has 30 heavy (non-hydrogen) atoms. The van der Waals surface area contributed by atoms with Gasteiger partial charge in [0, 0.05) is 11.1 Å². The van der Waals surface area contributed by atoms with E-state index < -0.39 is 23.9 Å². The van der Waals surface area contributed by atoms with E-state index in [0.717, 1.165) is 0 Å². The first-order chi connectivity index (χ1) is 14.3. The summed E-state index contributed by atoms with van der Waals surface area (Å²) in [6.45, 7) is 0. The first-order valence-corrected chi connectivity index (χ1v) is 8.22. The van der Waals surface area contributed by atoms with Crippen LogP contribution in [0.3, 0.4) is 0 Å². The average Bonchev–Trinajstić information content (AvgIpc) is 2.79. The largest absolute Gasteiger partial charge is 0.464 e. The van der Waals surface area contributed by atoms with E-state index in [1.54, 1.807) is 0 Å². The van der Waals surface area contributed by atoms with Gasteiger partial charge < -0.3 is 18.9 Å². The minimum absolute atomic E-state index is 0.148. The molecule has 0 saturated heterocycles. The molecule has 0 amide bonds. The molecule has 0 atom stereocenters. The molecule has 0 aliphatic carbocycles. The second-order valence-electron chi connectivity index (χ2n) is 5.47. The molecule has 0 aliphatic rings. The van der Waals surface area contributed by atoms with E-state index >= 15 is 0 Å². The zero-order chi connectivity index (χ0) is 22.3. The van der Waals surface area contributed by atoms with Crippen molar-refractivity contribution in [3.05, 3.63) is 58.2 Å². The predicted molar refractivity (Wildman–Crippen MR) is 99.8 cm³/mol. The van der Waals surface area contributed by atoms with Gasteiger partial charge in [-0.25, -0.2) is 29.1 Å². The van der Waals surface area contributed by atoms with E-state index in [1.807, 2.05) is 0 Å². The number of ether oxygens (including phenoxy) is 4. The van der Waals surface area contributed by atoms with Crippen LogP contribution in [-0.4, -0.2) is 62.3 Å². The number of rotatable bonds is 4. The summed E-state index contributed by atoms with van der Waals surface area (Å²) >= 11 is 0. The van der Waals surface area contributed by atoms with Gasteiger partial charge in [0.25, 0.3) is 0 Å². The molecule has 0 bridgehead atoms. The number of esters is 4. The highest BCUT2D eigenvalue weighted by atomic mass is 16.5. The Kier molecular flexibility index (Phi) is 7.19. The van der Waals surface area contributed by atoms with Crippen molar-refractivity contribution in [2.24, 2.45) is 0 Å². The molecule has 2 aromatic heterocycles. The van der Waals surface area contributed by atoms with Gasteiger partial charge in [-0.15, -0.1) is 0 Å². The SMILES string of the molecule is COC(=O)c1cc(C#Cc2cc(C(=O)OC)nc(C(=O)OC)c2)cc(C(=O)OC)n1. The van der Waals surface area contributed by atoms with Gasteiger partial charge in [0.05, 0.1) is 28.4 Å². The van der Waals surface area contributed by atoms with E-state index in [-0.39, 0.29) is 33.9 Å². The Morgan fingerprint density at radius 3 is 1.00 bits per heavy atom. The first kappa shape index (κ1) is 22.0. The number of pyridine rings is 2. The number of carbonyl (C=O) groups is 4. The summed E-state index contributed by atoms with van der Waals surface area (Å²) in [5, 5.41) is 0. The van der Waals surface area contributed by atoms with E-state index in [9.17, 15) is 19.2 Å². The number of carbonyl (C=O) groups excluding carboxylic acids is 4. The summed E-state index contributed by atoms with van der Waals surface area (Å²) in [4.78, 5) is 55.0. The third-order valence-electron chi connectivity index (χ3n) is 3.58. The van der Waals surface area contributed by atoms with Gasteiger partial charge in [-0.05, 0) is 24.3 Å². The van der Waals surface area contributed by atoms with Gasteiger partial charge in [-0.2, -0.15) is 0 Å². The van der Waals surface area contributed by atoms with Crippen LogP contribution < -0.4 is 0 Å². The van der Waals surface area contributed by atoms with Crippen LogP contribution in [0.2, 0.25) is 0 Å². The Morgan fingerprint density at radius 2 is 0.800 bits per heavy atom. The molecule has 0 fully saturated rings. The van der Waals surface area contributed by atoms with Gasteiger partial charge in [-0.3, -0.25) is 0 Å². The molecule has 0 unspecified atom stereocenters. The average molecular weight is 412 g/mol. The normalized spacial score (nSPS) is 9.60. The maximum absolute atomic E-state index is 11.8. The smallest absolute Gasteiger partial charge is 0.356 e. The molecule has 2 rings (SSSR count). The molecule has 0 radical (unpaired) electrons. The Morgan fingerprint density at radius 1 is 0.567 bits per heavy atom. The standard InChI is InChI=1S/C20H16N2O8/c1-27-17(23)13-7-11(8-14(21-13)18(24)28-2)5-6-12-9-15(19(25)29-3)22-16(10-12)20(26)30-4/h7-10H,1-4H3. The Balaban J connectivity index is 2.57. The number of hydrogen-bond acceptors (Lipinski definition) is 10. The fourth-order valence-corrected chi connectivity index (χ4v) is 2.19. The maximum Gasteiger partial charge on any atom is 0.356 e. The molecule has 0 aromatic carbocycles. The van der Waals surface area contributed by atoms with Crippen LogP contribution in [0.5, 0.6) is 0 Å². The summed E-state index contributed by atoms with van der Waals surface area (Å²) in [7, 11) is 4.67. The highest BCUT2D eigenvalue weighted by Crippen LogP contribution is 2.11. The molecule has 10 heteroatoms. The van der Waals surface area contributed by atoms with Crippen molar-refractivity contribution in [3.8, 4) is 11.8 Å². The number of aromatic nitrogens is 2. The fourth-order valence-electron chi connectivity index (χ4n) is 2.19. The minimum atomic E-state index is -0.770. The van der Waals surface area contributed by atoms with Crippen LogP contribution in [0, 0.1) is 11.8 Å². The second kappa shape index (κ2) is 9.79. The molecule has 2 heterocycles. The van der Waals surface area contributed by atoms with Crippen molar-refractivity contribution in [2.75, 3.05) is 28.4 Å². The summed E-state index contributed by atoms with van der Waals surface area (Å²) in [6, 6.07) is 5.26. The zero-order valence-electron chi connectivity index (χ0n) is 16.5. The van der Waals surface area contributed by atoms with Crippen molar-refractivity contribution in [1.82, 2.24) is 9.97 Å². The van der Waals surface area contributed by atoms with Crippen LogP contribution in [-0.2, 0) is 18.9 Å². The third kappa shape index (κ3) is 5.17. The first-order valence-electron chi connectivity index (χ1n) is 8.22. The monoisotopic (exact) mass is 412 g/mol. The molecule has 10 nitrogen and oxygen atoms in total. The summed E-state index contributed by atoms with van der Waals surface area (Å²) < 4.78 is 18.5. The van der Waals surface area contributed by atoms with Gasteiger partial charge in [0.1, 0.15) is 0 Å². The number of nitrogens with zero attached hydrogens (tertiary/aromatic N) is 2. The Labute approximate surface area is 171 Å². The van der Waals surface area contributed by atoms with Crippen molar-refractivity contribution in [2.45, 2.75) is 0 Å². The van der Waals surface area contributed by atoms with Gasteiger partial charge in [0.15, 0.2) is 22.8 Å². The van der Waals surface area contributed by atoms with Crippen LogP contribution in [0.15, 0.2) is 24.3 Å². The molecule has 2 aromatic rings. The lowest BCUT2D eigenvalue weighted by atomic mass is 10.1.